The van der Waals surface area contributed by atoms with E-state index < -0.39 is 6.85 Å². The van der Waals surface area contributed by atoms with Crippen molar-refractivity contribution in [3.63, 3.8) is 0 Å². The summed E-state index contributed by atoms with van der Waals surface area (Å²) in [5, 5.41) is 1.15. The first-order valence-electron chi connectivity index (χ1n) is 21.8. The van der Waals surface area contributed by atoms with Crippen LogP contribution in [0.5, 0.6) is 0 Å². The molecule has 0 amide bonds. The minimum Gasteiger partial charge on any atom is -0.497 e. The van der Waals surface area contributed by atoms with Gasteiger partial charge in [0, 0.05) is 52.5 Å². The molecular formula is C52H56IrN4O2-2. The third-order valence-electron chi connectivity index (χ3n) is 10.7. The van der Waals surface area contributed by atoms with Crippen molar-refractivity contribution < 1.29 is 33.1 Å². The zero-order valence-corrected chi connectivity index (χ0v) is 38.6. The average molecular weight is 964 g/mol. The molecule has 0 aliphatic carbocycles. The van der Waals surface area contributed by atoms with Crippen LogP contribution in [-0.4, -0.2) is 19.9 Å². The van der Waals surface area contributed by atoms with Gasteiger partial charge in [0.15, 0.2) is 11.2 Å². The molecule has 0 saturated heterocycles. The topological polar surface area (TPSA) is 77.8 Å². The molecule has 4 aromatic carbocycles. The number of oxazole rings is 1. The predicted octanol–water partition coefficient (Wildman–Crippen LogP) is 14.5. The van der Waals surface area contributed by atoms with Crippen molar-refractivity contribution in [3.05, 3.63) is 131 Å². The van der Waals surface area contributed by atoms with Crippen molar-refractivity contribution in [2.45, 2.75) is 119 Å². The fraction of sp³-hybridized carbons (Fsp3) is 0.346. The number of hydrogen-bond donors (Lipinski definition) is 0. The zero-order valence-electron chi connectivity index (χ0n) is 39.3. The molecule has 1 radical (unpaired) electrons. The summed E-state index contributed by atoms with van der Waals surface area (Å²) >= 11 is 0. The molecular weight excluding hydrogens is 905 g/mol. The van der Waals surface area contributed by atoms with Gasteiger partial charge in [-0.25, -0.2) is 9.97 Å². The predicted molar refractivity (Wildman–Crippen MR) is 239 cm³/mol. The Hall–Kier alpha value is -4.97. The second-order valence-corrected chi connectivity index (χ2v) is 18.2. The van der Waals surface area contributed by atoms with Gasteiger partial charge in [-0.15, -0.1) is 53.6 Å². The molecule has 0 N–H and O–H groups in total. The summed E-state index contributed by atoms with van der Waals surface area (Å²) < 4.78 is 38.2. The van der Waals surface area contributed by atoms with Crippen molar-refractivity contribution in [3.8, 4) is 34.0 Å². The van der Waals surface area contributed by atoms with Gasteiger partial charge in [0.25, 0.3) is 0 Å². The Balaban J connectivity index is 0.000000317. The second-order valence-electron chi connectivity index (χ2n) is 18.2. The molecule has 8 rings (SSSR count). The van der Waals surface area contributed by atoms with Gasteiger partial charge in [0.1, 0.15) is 11.8 Å². The first-order valence-corrected chi connectivity index (χ1v) is 20.3. The van der Waals surface area contributed by atoms with Crippen LogP contribution in [0.2, 0.25) is 0 Å². The van der Waals surface area contributed by atoms with Gasteiger partial charge >= 0.3 is 0 Å². The third kappa shape index (κ3) is 8.83. The van der Waals surface area contributed by atoms with Crippen LogP contribution in [0.1, 0.15) is 138 Å². The number of benzene rings is 4. The van der Waals surface area contributed by atoms with Gasteiger partial charge in [-0.3, -0.25) is 4.98 Å². The molecule has 0 aliphatic rings. The van der Waals surface area contributed by atoms with E-state index in [1.165, 1.54) is 34.6 Å². The van der Waals surface area contributed by atoms with E-state index in [0.29, 0.717) is 56.1 Å². The van der Waals surface area contributed by atoms with Crippen LogP contribution in [0.3, 0.4) is 0 Å². The van der Waals surface area contributed by atoms with Gasteiger partial charge in [-0.1, -0.05) is 131 Å². The molecule has 0 aliphatic heterocycles. The van der Waals surface area contributed by atoms with Crippen molar-refractivity contribution in [2.24, 2.45) is 0 Å². The quantitative estimate of drug-likeness (QED) is 0.155. The van der Waals surface area contributed by atoms with Crippen molar-refractivity contribution in [1.29, 1.82) is 0 Å². The molecule has 4 aromatic heterocycles. The molecule has 0 fully saturated rings. The average Bonchev–Trinajstić information content (AvgIpc) is 3.82. The molecule has 0 bridgehead atoms. The fourth-order valence-electron chi connectivity index (χ4n) is 7.22. The molecule has 0 unspecified atom stereocenters. The van der Waals surface area contributed by atoms with E-state index in [4.69, 9.17) is 17.9 Å². The normalized spacial score (nSPS) is 13.1. The first kappa shape index (κ1) is 39.5. The molecule has 8 aromatic rings. The summed E-state index contributed by atoms with van der Waals surface area (Å²) in [5.41, 5.74) is 12.1. The van der Waals surface area contributed by atoms with E-state index >= 15 is 0 Å². The summed E-state index contributed by atoms with van der Waals surface area (Å²) in [6.07, 6.45) is 3.48. The van der Waals surface area contributed by atoms with Gasteiger partial charge in [-0.05, 0) is 68.9 Å². The third-order valence-corrected chi connectivity index (χ3v) is 10.7. The van der Waals surface area contributed by atoms with E-state index in [2.05, 4.69) is 134 Å². The zero-order chi connectivity index (χ0) is 44.2. The standard InChI is InChI=1S/C37H40N3O2.C15H16N.Ir/c1-19(2)23-15-26(20(3)4)32(27(16-23)21(5)6)36-40-28-14-13-25-31-22(7)11-12-24(33(31)41-34(25)35(28)42-36)29-17-30(37(8,9)10)39-18-38-29;1-15(2,3)13-9-10-14(16-11-13)12-7-5-4-6-8-12;/h11,13-21H,1-10H3;4-7,9-11H,1-3H3;/q2*-1;/i7D3;;. The van der Waals surface area contributed by atoms with Crippen LogP contribution in [0, 0.1) is 19.0 Å². The largest absolute Gasteiger partial charge is 0.497 e. The van der Waals surface area contributed by atoms with Crippen molar-refractivity contribution >= 4 is 33.0 Å². The minimum atomic E-state index is -2.38. The first-order chi connectivity index (χ1) is 28.6. The Labute approximate surface area is 367 Å². The smallest absolute Gasteiger partial charge is 0.228 e. The molecule has 0 atom stereocenters. The minimum absolute atomic E-state index is 0. The van der Waals surface area contributed by atoms with Crippen LogP contribution in [0.15, 0.2) is 94.2 Å². The van der Waals surface area contributed by atoms with E-state index in [9.17, 15) is 0 Å². The Morgan fingerprint density at radius 1 is 0.695 bits per heavy atom. The molecule has 307 valence electrons. The Morgan fingerprint density at radius 2 is 1.42 bits per heavy atom. The van der Waals surface area contributed by atoms with E-state index in [1.807, 2.05) is 48.7 Å². The van der Waals surface area contributed by atoms with Gasteiger partial charge < -0.3 is 13.8 Å². The second kappa shape index (κ2) is 16.9. The number of furan rings is 1. The number of aryl methyl sites for hydroxylation is 1. The van der Waals surface area contributed by atoms with Crippen molar-refractivity contribution in [1.82, 2.24) is 19.9 Å². The number of hydrogen-bond acceptors (Lipinski definition) is 6. The summed E-state index contributed by atoms with van der Waals surface area (Å²) in [6.45, 7) is 23.7. The van der Waals surface area contributed by atoms with Crippen LogP contribution in [0.25, 0.3) is 67.0 Å². The van der Waals surface area contributed by atoms with E-state index in [0.717, 1.165) is 22.5 Å². The van der Waals surface area contributed by atoms with Crippen molar-refractivity contribution in [2.75, 3.05) is 0 Å². The monoisotopic (exact) mass is 964 g/mol. The maximum atomic E-state index is 8.32. The van der Waals surface area contributed by atoms with E-state index in [1.54, 1.807) is 0 Å². The SMILES string of the molecule is CC(C)(C)c1ccc(-c2[c-]cccc2)nc1.[2H]C([2H])([2H])c1c[c-]c(-c2cc(C(C)(C)C)ncn2)c2oc3c(ccc4nc(-c5c(C(C)C)cc(C(C)C)cc5C(C)C)oc43)c12.[Ir]. The maximum absolute atomic E-state index is 8.32. The van der Waals surface area contributed by atoms with Crippen LogP contribution in [0.4, 0.5) is 0 Å². The Bertz CT molecular complexity index is 2810. The van der Waals surface area contributed by atoms with Crippen LogP contribution >= 0.6 is 0 Å². The number of aromatic nitrogens is 4. The molecule has 59 heavy (non-hydrogen) atoms. The van der Waals surface area contributed by atoms with Gasteiger partial charge in [-0.2, -0.15) is 0 Å². The van der Waals surface area contributed by atoms with E-state index in [-0.39, 0.29) is 48.3 Å². The van der Waals surface area contributed by atoms with Gasteiger partial charge in [0.05, 0.1) is 5.58 Å². The molecule has 0 spiro atoms. The van der Waals surface area contributed by atoms with Gasteiger partial charge in [0.2, 0.25) is 5.89 Å². The number of fused-ring (bicyclic) bond motifs is 5. The molecule has 7 heteroatoms. The number of nitrogens with zero attached hydrogens (tertiary/aromatic N) is 4. The Morgan fingerprint density at radius 3 is 2.00 bits per heavy atom. The molecule has 4 heterocycles. The number of rotatable bonds is 6. The summed E-state index contributed by atoms with van der Waals surface area (Å²) in [5.74, 6) is 1.43. The summed E-state index contributed by atoms with van der Waals surface area (Å²) in [7, 11) is 0. The summed E-state index contributed by atoms with van der Waals surface area (Å²) in [4.78, 5) is 18.5. The molecule has 6 nitrogen and oxygen atoms in total. The van der Waals surface area contributed by atoms with Crippen LogP contribution in [-0.2, 0) is 30.9 Å². The maximum Gasteiger partial charge on any atom is 0.228 e. The van der Waals surface area contributed by atoms with Crippen LogP contribution < -0.4 is 0 Å². The molecule has 0 saturated carbocycles. The summed E-state index contributed by atoms with van der Waals surface area (Å²) in [6, 6.07) is 30.2. The fourth-order valence-corrected chi connectivity index (χ4v) is 7.22. The number of pyridine rings is 1. The Kier molecular flexibility index (Phi) is 11.3.